The molecule has 158 valence electrons. The quantitative estimate of drug-likeness (QED) is 0.382. The van der Waals surface area contributed by atoms with Gasteiger partial charge in [0, 0.05) is 26.3 Å². The lowest BCUT2D eigenvalue weighted by molar-refractivity contribution is -0.287. The minimum absolute atomic E-state index is 0.266. The minimum atomic E-state index is -1.30. The molecule has 1 N–H and O–H groups in total. The Hall–Kier alpha value is -2.98. The third-order valence-corrected chi connectivity index (χ3v) is 3.95. The van der Waals surface area contributed by atoms with E-state index < -0.39 is 55.2 Å². The Morgan fingerprint density at radius 1 is 0.931 bits per heavy atom. The molecule has 0 saturated carbocycles. The first-order valence-electron chi connectivity index (χ1n) is 8.75. The van der Waals surface area contributed by atoms with Crippen LogP contribution in [0, 0.1) is 0 Å². The molecular formula is C19H22O10. The van der Waals surface area contributed by atoms with Crippen LogP contribution in [0.1, 0.15) is 31.1 Å². The zero-order chi connectivity index (χ0) is 21.6. The van der Waals surface area contributed by atoms with Crippen LogP contribution >= 0.6 is 0 Å². The molecule has 0 unspecified atom stereocenters. The number of ether oxygens (including phenoxy) is 5. The highest BCUT2D eigenvalue weighted by Crippen LogP contribution is 2.30. The summed E-state index contributed by atoms with van der Waals surface area (Å²) >= 11 is 0. The molecule has 29 heavy (non-hydrogen) atoms. The molecule has 0 amide bonds. The number of esters is 3. The van der Waals surface area contributed by atoms with E-state index in [9.17, 15) is 24.3 Å². The largest absolute Gasteiger partial charge is 0.461 e. The molecular weight excluding hydrogens is 388 g/mol. The summed E-state index contributed by atoms with van der Waals surface area (Å²) in [6.07, 6.45) is -5.57. The van der Waals surface area contributed by atoms with Crippen LogP contribution < -0.4 is 4.74 Å². The van der Waals surface area contributed by atoms with E-state index in [1.54, 1.807) is 0 Å². The molecule has 1 aromatic carbocycles. The number of carbonyl (C=O) groups excluding carboxylic acids is 4. The van der Waals surface area contributed by atoms with Gasteiger partial charge in [0.25, 0.3) is 0 Å². The molecule has 1 fully saturated rings. The highest BCUT2D eigenvalue weighted by atomic mass is 16.7. The van der Waals surface area contributed by atoms with Crippen LogP contribution in [0.25, 0.3) is 0 Å². The molecule has 10 heteroatoms. The number of hydrogen-bond acceptors (Lipinski definition) is 10. The first-order chi connectivity index (χ1) is 13.7. The van der Waals surface area contributed by atoms with Crippen molar-refractivity contribution in [2.45, 2.75) is 51.5 Å². The molecule has 2 rings (SSSR count). The van der Waals surface area contributed by atoms with Crippen LogP contribution in [0.15, 0.2) is 24.3 Å². The molecule has 5 atom stereocenters. The lowest BCUT2D eigenvalue weighted by Gasteiger charge is -2.43. The number of hydrogen-bond donors (Lipinski definition) is 1. The molecule has 10 nitrogen and oxygen atoms in total. The topological polar surface area (TPSA) is 135 Å². The number of aliphatic hydroxyl groups is 1. The SMILES string of the molecule is CC(=O)O[C@H]1[C@@H](OC(C)=O)[C@H](Oc2ccc(C=O)cc2)O[C@H](CO)[C@H]1OC(C)=O. The standard InChI is InChI=1S/C19H22O10/c1-10(22)25-16-15(9-21)29-19(28-14-6-4-13(8-20)5-7-14)18(27-12(3)24)17(16)26-11(2)23/h4-8,15-19,21H,9H2,1-3H3/t15-,16-,17-,18-,19-/m1/s1. The summed E-state index contributed by atoms with van der Waals surface area (Å²) in [6, 6.07) is 5.98. The van der Waals surface area contributed by atoms with Crippen molar-refractivity contribution < 1.29 is 48.0 Å². The van der Waals surface area contributed by atoms with Gasteiger partial charge in [-0.05, 0) is 24.3 Å². The average Bonchev–Trinajstić information content (AvgIpc) is 2.65. The highest BCUT2D eigenvalue weighted by molar-refractivity contribution is 5.74. The lowest BCUT2D eigenvalue weighted by Crippen LogP contribution is -2.63. The van der Waals surface area contributed by atoms with Gasteiger partial charge in [-0.15, -0.1) is 0 Å². The Morgan fingerprint density at radius 2 is 1.45 bits per heavy atom. The van der Waals surface area contributed by atoms with E-state index in [2.05, 4.69) is 0 Å². The third-order valence-electron chi connectivity index (χ3n) is 3.95. The molecule has 0 radical (unpaired) electrons. The number of rotatable bonds is 7. The molecule has 1 saturated heterocycles. The second-order valence-electron chi connectivity index (χ2n) is 6.25. The Balaban J connectivity index is 2.38. The summed E-state index contributed by atoms with van der Waals surface area (Å²) in [7, 11) is 0. The van der Waals surface area contributed by atoms with Gasteiger partial charge in [0.1, 0.15) is 18.1 Å². The van der Waals surface area contributed by atoms with Crippen LogP contribution in [0.2, 0.25) is 0 Å². The number of aliphatic hydroxyl groups excluding tert-OH is 1. The van der Waals surface area contributed by atoms with Crippen molar-refractivity contribution in [3.05, 3.63) is 29.8 Å². The Bertz CT molecular complexity index is 744. The van der Waals surface area contributed by atoms with Crippen molar-refractivity contribution in [1.82, 2.24) is 0 Å². The van der Waals surface area contributed by atoms with Crippen molar-refractivity contribution in [1.29, 1.82) is 0 Å². The van der Waals surface area contributed by atoms with Crippen molar-refractivity contribution in [3.63, 3.8) is 0 Å². The van der Waals surface area contributed by atoms with E-state index in [0.29, 0.717) is 11.8 Å². The molecule has 1 aliphatic heterocycles. The van der Waals surface area contributed by atoms with Crippen LogP contribution in [0.5, 0.6) is 5.75 Å². The predicted molar refractivity (Wildman–Crippen MR) is 94.9 cm³/mol. The van der Waals surface area contributed by atoms with E-state index in [4.69, 9.17) is 23.7 Å². The van der Waals surface area contributed by atoms with Gasteiger partial charge in [0.2, 0.25) is 12.4 Å². The molecule has 1 aromatic rings. The van der Waals surface area contributed by atoms with E-state index in [-0.39, 0.29) is 5.75 Å². The first-order valence-corrected chi connectivity index (χ1v) is 8.75. The summed E-state index contributed by atoms with van der Waals surface area (Å²) in [6.45, 7) is 2.82. The average molecular weight is 410 g/mol. The van der Waals surface area contributed by atoms with Crippen molar-refractivity contribution >= 4 is 24.2 Å². The normalized spacial score (nSPS) is 26.1. The van der Waals surface area contributed by atoms with E-state index in [0.717, 1.165) is 20.8 Å². The van der Waals surface area contributed by atoms with Gasteiger partial charge < -0.3 is 28.8 Å². The van der Waals surface area contributed by atoms with E-state index in [1.807, 2.05) is 0 Å². The third kappa shape index (κ3) is 6.00. The monoisotopic (exact) mass is 410 g/mol. The summed E-state index contributed by atoms with van der Waals surface area (Å²) in [5.41, 5.74) is 0.416. The maximum absolute atomic E-state index is 11.6. The van der Waals surface area contributed by atoms with Crippen LogP contribution in [-0.4, -0.2) is 66.6 Å². The molecule has 0 aliphatic carbocycles. The molecule has 0 bridgehead atoms. The summed E-state index contributed by atoms with van der Waals surface area (Å²) in [5.74, 6) is -1.89. The smallest absolute Gasteiger partial charge is 0.303 e. The molecule has 1 heterocycles. The fraction of sp³-hybridized carbons (Fsp3) is 0.474. The molecule has 1 aliphatic rings. The molecule has 0 spiro atoms. The van der Waals surface area contributed by atoms with Crippen LogP contribution in [-0.2, 0) is 33.3 Å². The number of carbonyl (C=O) groups is 4. The van der Waals surface area contributed by atoms with Gasteiger partial charge in [0.15, 0.2) is 12.2 Å². The van der Waals surface area contributed by atoms with E-state index in [1.165, 1.54) is 24.3 Å². The van der Waals surface area contributed by atoms with Crippen LogP contribution in [0.4, 0.5) is 0 Å². The van der Waals surface area contributed by atoms with Crippen molar-refractivity contribution in [2.75, 3.05) is 6.61 Å². The fourth-order valence-electron chi connectivity index (χ4n) is 2.86. The Kier molecular flexibility index (Phi) is 7.68. The predicted octanol–water partition coefficient (Wildman–Crippen LogP) is 0.390. The van der Waals surface area contributed by atoms with E-state index >= 15 is 0 Å². The number of aldehydes is 1. The van der Waals surface area contributed by atoms with Crippen molar-refractivity contribution in [2.24, 2.45) is 0 Å². The lowest BCUT2D eigenvalue weighted by atomic mass is 9.98. The van der Waals surface area contributed by atoms with Gasteiger partial charge in [-0.2, -0.15) is 0 Å². The highest BCUT2D eigenvalue weighted by Gasteiger charge is 2.52. The minimum Gasteiger partial charge on any atom is -0.461 e. The first kappa shape index (κ1) is 22.3. The Morgan fingerprint density at radius 3 is 1.93 bits per heavy atom. The fourth-order valence-corrected chi connectivity index (χ4v) is 2.86. The van der Waals surface area contributed by atoms with Gasteiger partial charge >= 0.3 is 17.9 Å². The summed E-state index contributed by atoms with van der Waals surface area (Å²) in [4.78, 5) is 45.6. The summed E-state index contributed by atoms with van der Waals surface area (Å²) in [5, 5.41) is 9.69. The van der Waals surface area contributed by atoms with Gasteiger partial charge in [0.05, 0.1) is 6.61 Å². The van der Waals surface area contributed by atoms with Gasteiger partial charge in [-0.25, -0.2) is 0 Å². The van der Waals surface area contributed by atoms with Crippen molar-refractivity contribution in [3.8, 4) is 5.75 Å². The Labute approximate surface area is 166 Å². The number of benzene rings is 1. The maximum Gasteiger partial charge on any atom is 0.303 e. The second-order valence-corrected chi connectivity index (χ2v) is 6.25. The zero-order valence-electron chi connectivity index (χ0n) is 16.1. The van der Waals surface area contributed by atoms with Crippen LogP contribution in [0.3, 0.4) is 0 Å². The second kappa shape index (κ2) is 9.99. The zero-order valence-corrected chi connectivity index (χ0v) is 16.1. The van der Waals surface area contributed by atoms with Gasteiger partial charge in [-0.1, -0.05) is 0 Å². The van der Waals surface area contributed by atoms with Gasteiger partial charge in [-0.3, -0.25) is 19.2 Å². The molecule has 0 aromatic heterocycles. The summed E-state index contributed by atoms with van der Waals surface area (Å²) < 4.78 is 27.0. The maximum atomic E-state index is 11.6.